The first-order valence-electron chi connectivity index (χ1n) is 4.02. The van der Waals surface area contributed by atoms with Gasteiger partial charge in [-0.05, 0) is 14.0 Å². The summed E-state index contributed by atoms with van der Waals surface area (Å²) in [6.45, 7) is 3.06. The number of aliphatic hydroxyl groups is 1. The fraction of sp³-hybridized carbons (Fsp3) is 0.714. The van der Waals surface area contributed by atoms with Crippen LogP contribution in [0.15, 0.2) is 0 Å². The summed E-state index contributed by atoms with van der Waals surface area (Å²) < 4.78 is 0. The summed E-state index contributed by atoms with van der Waals surface area (Å²) in [5.41, 5.74) is 5.43. The van der Waals surface area contributed by atoms with Crippen molar-refractivity contribution in [3.8, 4) is 0 Å². The molecule has 3 N–H and O–H groups in total. The average Bonchev–Trinajstić information content (AvgIpc) is 2.33. The highest BCUT2D eigenvalue weighted by Gasteiger charge is 2.07. The Morgan fingerprint density at radius 3 is 2.77 bits per heavy atom. The minimum atomic E-state index is -0.324. The van der Waals surface area contributed by atoms with Gasteiger partial charge < -0.3 is 10.8 Å². The molecule has 0 fully saturated rings. The average molecular weight is 202 g/mol. The van der Waals surface area contributed by atoms with Gasteiger partial charge in [-0.25, -0.2) is 0 Å². The van der Waals surface area contributed by atoms with E-state index in [9.17, 15) is 0 Å². The molecule has 0 aliphatic rings. The van der Waals surface area contributed by atoms with Crippen molar-refractivity contribution in [2.45, 2.75) is 19.6 Å². The molecular formula is C7H14N4OS. The standard InChI is InChI=1S/C7H14N4OS/c1-5(12)3-11(2)4-6-9-10-7(8)13-6/h5,12H,3-4H2,1-2H3,(H2,8,10). The van der Waals surface area contributed by atoms with Crippen LogP contribution in [0.2, 0.25) is 0 Å². The fourth-order valence-corrected chi connectivity index (χ4v) is 1.77. The molecule has 1 atom stereocenters. The molecule has 0 radical (unpaired) electrons. The van der Waals surface area contributed by atoms with E-state index >= 15 is 0 Å². The van der Waals surface area contributed by atoms with Gasteiger partial charge in [0.25, 0.3) is 0 Å². The minimum Gasteiger partial charge on any atom is -0.392 e. The third-order valence-corrected chi connectivity index (χ3v) is 2.20. The quantitative estimate of drug-likeness (QED) is 0.715. The number of hydrogen-bond acceptors (Lipinski definition) is 6. The molecule has 0 aliphatic carbocycles. The van der Waals surface area contributed by atoms with Crippen LogP contribution in [0.1, 0.15) is 11.9 Å². The summed E-state index contributed by atoms with van der Waals surface area (Å²) in [4.78, 5) is 1.98. The van der Waals surface area contributed by atoms with Gasteiger partial charge in [0.1, 0.15) is 5.01 Å². The normalized spacial score (nSPS) is 13.5. The largest absolute Gasteiger partial charge is 0.392 e. The van der Waals surface area contributed by atoms with Gasteiger partial charge in [-0.1, -0.05) is 11.3 Å². The van der Waals surface area contributed by atoms with E-state index < -0.39 is 0 Å². The number of nitrogen functional groups attached to an aromatic ring is 1. The number of aliphatic hydroxyl groups excluding tert-OH is 1. The molecule has 1 rings (SSSR count). The van der Waals surface area contributed by atoms with E-state index in [0.717, 1.165) is 5.01 Å². The molecule has 1 unspecified atom stereocenters. The molecule has 0 aliphatic heterocycles. The second kappa shape index (κ2) is 4.50. The number of aromatic nitrogens is 2. The monoisotopic (exact) mass is 202 g/mol. The highest BCUT2D eigenvalue weighted by molar-refractivity contribution is 7.15. The van der Waals surface area contributed by atoms with Crippen molar-refractivity contribution in [3.63, 3.8) is 0 Å². The maximum atomic E-state index is 9.11. The predicted molar refractivity (Wildman–Crippen MR) is 52.3 cm³/mol. The number of anilines is 1. The second-order valence-electron chi connectivity index (χ2n) is 3.08. The van der Waals surface area contributed by atoms with Gasteiger partial charge in [0.05, 0.1) is 12.6 Å². The third kappa shape index (κ3) is 3.67. The zero-order valence-electron chi connectivity index (χ0n) is 7.77. The molecule has 13 heavy (non-hydrogen) atoms. The first-order chi connectivity index (χ1) is 6.08. The Hall–Kier alpha value is -0.720. The lowest BCUT2D eigenvalue weighted by atomic mass is 10.4. The van der Waals surface area contributed by atoms with E-state index in [-0.39, 0.29) is 6.10 Å². The Bertz CT molecular complexity index is 263. The summed E-state index contributed by atoms with van der Waals surface area (Å²) in [5, 5.41) is 18.1. The lowest BCUT2D eigenvalue weighted by Gasteiger charge is -2.15. The van der Waals surface area contributed by atoms with Crippen molar-refractivity contribution < 1.29 is 5.11 Å². The number of rotatable bonds is 4. The fourth-order valence-electron chi connectivity index (χ4n) is 1.08. The van der Waals surface area contributed by atoms with E-state index in [1.807, 2.05) is 11.9 Å². The zero-order chi connectivity index (χ0) is 9.84. The number of likely N-dealkylation sites (N-methyl/N-ethyl adjacent to an activating group) is 1. The molecule has 0 bridgehead atoms. The van der Waals surface area contributed by atoms with Crippen molar-refractivity contribution in [2.24, 2.45) is 0 Å². The Morgan fingerprint density at radius 1 is 1.62 bits per heavy atom. The number of nitrogens with two attached hydrogens (primary N) is 1. The molecule has 0 amide bonds. The molecule has 1 aromatic rings. The molecule has 1 heterocycles. The van der Waals surface area contributed by atoms with Gasteiger partial charge >= 0.3 is 0 Å². The minimum absolute atomic E-state index is 0.324. The number of hydrogen-bond donors (Lipinski definition) is 2. The molecule has 0 spiro atoms. The topological polar surface area (TPSA) is 75.3 Å². The molecule has 5 nitrogen and oxygen atoms in total. The van der Waals surface area contributed by atoms with E-state index in [4.69, 9.17) is 10.8 Å². The van der Waals surface area contributed by atoms with Gasteiger partial charge in [0.15, 0.2) is 0 Å². The molecule has 1 aromatic heterocycles. The van der Waals surface area contributed by atoms with E-state index in [2.05, 4.69) is 10.2 Å². The maximum absolute atomic E-state index is 9.11. The van der Waals surface area contributed by atoms with E-state index in [1.54, 1.807) is 6.92 Å². The highest BCUT2D eigenvalue weighted by atomic mass is 32.1. The van der Waals surface area contributed by atoms with Crippen LogP contribution in [-0.2, 0) is 6.54 Å². The Kier molecular flexibility index (Phi) is 3.58. The van der Waals surface area contributed by atoms with E-state index in [0.29, 0.717) is 18.2 Å². The summed E-state index contributed by atoms with van der Waals surface area (Å²) >= 11 is 1.38. The molecule has 0 aromatic carbocycles. The first kappa shape index (κ1) is 10.4. The van der Waals surface area contributed by atoms with Crippen LogP contribution in [0.4, 0.5) is 5.13 Å². The van der Waals surface area contributed by atoms with Crippen LogP contribution in [0, 0.1) is 0 Å². The van der Waals surface area contributed by atoms with Crippen LogP contribution in [-0.4, -0.2) is 39.9 Å². The van der Waals surface area contributed by atoms with Crippen LogP contribution >= 0.6 is 11.3 Å². The van der Waals surface area contributed by atoms with Crippen molar-refractivity contribution in [2.75, 3.05) is 19.3 Å². The predicted octanol–water partition coefficient (Wildman–Crippen LogP) is -0.0671. The lowest BCUT2D eigenvalue weighted by molar-refractivity contribution is 0.138. The van der Waals surface area contributed by atoms with Gasteiger partial charge in [0, 0.05) is 6.54 Å². The van der Waals surface area contributed by atoms with Crippen LogP contribution < -0.4 is 5.73 Å². The van der Waals surface area contributed by atoms with Crippen LogP contribution in [0.25, 0.3) is 0 Å². The van der Waals surface area contributed by atoms with Crippen molar-refractivity contribution in [1.29, 1.82) is 0 Å². The van der Waals surface area contributed by atoms with E-state index in [1.165, 1.54) is 11.3 Å². The van der Waals surface area contributed by atoms with Crippen LogP contribution in [0.5, 0.6) is 0 Å². The first-order valence-corrected chi connectivity index (χ1v) is 4.84. The van der Waals surface area contributed by atoms with Crippen LogP contribution in [0.3, 0.4) is 0 Å². The van der Waals surface area contributed by atoms with Crippen molar-refractivity contribution in [1.82, 2.24) is 15.1 Å². The lowest BCUT2D eigenvalue weighted by Crippen LogP contribution is -2.26. The third-order valence-electron chi connectivity index (χ3n) is 1.46. The molecule has 74 valence electrons. The Labute approximate surface area is 81.2 Å². The summed E-state index contributed by atoms with van der Waals surface area (Å²) in [6.07, 6.45) is -0.324. The maximum Gasteiger partial charge on any atom is 0.203 e. The summed E-state index contributed by atoms with van der Waals surface area (Å²) in [5.74, 6) is 0. The summed E-state index contributed by atoms with van der Waals surface area (Å²) in [7, 11) is 1.92. The second-order valence-corrected chi connectivity index (χ2v) is 4.17. The van der Waals surface area contributed by atoms with Crippen molar-refractivity contribution >= 4 is 16.5 Å². The Morgan fingerprint density at radius 2 is 2.31 bits per heavy atom. The molecule has 0 saturated carbocycles. The molecule has 0 saturated heterocycles. The SMILES string of the molecule is CC(O)CN(C)Cc1nnc(N)s1. The van der Waals surface area contributed by atoms with Gasteiger partial charge in [0.2, 0.25) is 5.13 Å². The zero-order valence-corrected chi connectivity index (χ0v) is 8.58. The molecular weight excluding hydrogens is 188 g/mol. The van der Waals surface area contributed by atoms with Gasteiger partial charge in [-0.3, -0.25) is 4.90 Å². The summed E-state index contributed by atoms with van der Waals surface area (Å²) in [6, 6.07) is 0. The molecule has 6 heteroatoms. The number of nitrogens with zero attached hydrogens (tertiary/aromatic N) is 3. The van der Waals surface area contributed by atoms with Gasteiger partial charge in [-0.2, -0.15) is 0 Å². The smallest absolute Gasteiger partial charge is 0.203 e. The van der Waals surface area contributed by atoms with Crippen molar-refractivity contribution in [3.05, 3.63) is 5.01 Å². The Balaban J connectivity index is 2.40. The highest BCUT2D eigenvalue weighted by Crippen LogP contribution is 2.12. The van der Waals surface area contributed by atoms with Gasteiger partial charge in [-0.15, -0.1) is 10.2 Å².